The Labute approximate surface area is 77.5 Å². The molecular weight excluding hydrogens is 162 g/mol. The summed E-state index contributed by atoms with van der Waals surface area (Å²) in [5.74, 6) is 0.00630. The van der Waals surface area contributed by atoms with Crippen LogP contribution in [0.4, 0.5) is 0 Å². The Morgan fingerprint density at radius 2 is 2.00 bits per heavy atom. The van der Waals surface area contributed by atoms with Crippen LogP contribution in [0.1, 0.15) is 11.1 Å². The van der Waals surface area contributed by atoms with Gasteiger partial charge in [0.1, 0.15) is 0 Å². The van der Waals surface area contributed by atoms with Gasteiger partial charge in [-0.05, 0) is 17.2 Å². The normalized spacial score (nSPS) is 14.0. The maximum absolute atomic E-state index is 11.3. The molecule has 1 aliphatic heterocycles. The summed E-state index contributed by atoms with van der Waals surface area (Å²) < 4.78 is 0. The van der Waals surface area contributed by atoms with Crippen LogP contribution in [-0.2, 0) is 17.9 Å². The van der Waals surface area contributed by atoms with Crippen LogP contribution in [-0.4, -0.2) is 10.8 Å². The van der Waals surface area contributed by atoms with Gasteiger partial charge in [-0.25, -0.2) is 0 Å². The highest BCUT2D eigenvalue weighted by Gasteiger charge is 2.15. The lowest BCUT2D eigenvalue weighted by Crippen LogP contribution is -2.30. The summed E-state index contributed by atoms with van der Waals surface area (Å²) in [5.41, 5.74) is 2.39. The van der Waals surface area contributed by atoms with Crippen LogP contribution in [0.5, 0.6) is 0 Å². The summed E-state index contributed by atoms with van der Waals surface area (Å²) in [6.45, 7) is 4.90. The molecule has 13 heavy (non-hydrogen) atoms. The zero-order chi connectivity index (χ0) is 9.26. The summed E-state index contributed by atoms with van der Waals surface area (Å²) in [4.78, 5) is 13.1. The first kappa shape index (κ1) is 8.05. The molecule has 0 radical (unpaired) electrons. The van der Waals surface area contributed by atoms with Crippen molar-refractivity contribution < 1.29 is 4.79 Å². The fourth-order valence-corrected chi connectivity index (χ4v) is 1.61. The maximum Gasteiger partial charge on any atom is 0.246 e. The van der Waals surface area contributed by atoms with E-state index in [4.69, 9.17) is 0 Å². The zero-order valence-electron chi connectivity index (χ0n) is 7.36. The Hall–Kier alpha value is -1.57. The Kier molecular flexibility index (Phi) is 1.89. The smallest absolute Gasteiger partial charge is 0.246 e. The molecule has 1 aromatic carbocycles. The second kappa shape index (κ2) is 3.05. The van der Waals surface area contributed by atoms with Gasteiger partial charge in [0.2, 0.25) is 5.91 Å². The van der Waals surface area contributed by atoms with Crippen molar-refractivity contribution in [1.82, 2.24) is 4.90 Å². The fraction of sp³-hybridized carbons (Fsp3) is 0.182. The van der Waals surface area contributed by atoms with Crippen LogP contribution in [0, 0.1) is 0 Å². The van der Waals surface area contributed by atoms with Crippen molar-refractivity contribution in [3.8, 4) is 0 Å². The average Bonchev–Trinajstić information content (AvgIpc) is 2.16. The second-order valence-corrected chi connectivity index (χ2v) is 3.22. The third-order valence-corrected chi connectivity index (χ3v) is 2.22. The molecule has 0 unspecified atom stereocenters. The minimum absolute atomic E-state index is 0.00630. The molecule has 0 spiro atoms. The van der Waals surface area contributed by atoms with Gasteiger partial charge in [0.05, 0.1) is 0 Å². The lowest BCUT2D eigenvalue weighted by Gasteiger charge is -2.26. The molecule has 0 aliphatic carbocycles. The van der Waals surface area contributed by atoms with E-state index in [-0.39, 0.29) is 5.91 Å². The summed E-state index contributed by atoms with van der Waals surface area (Å²) in [5, 5.41) is 0. The van der Waals surface area contributed by atoms with Crippen molar-refractivity contribution in [1.29, 1.82) is 0 Å². The van der Waals surface area contributed by atoms with Gasteiger partial charge in [0, 0.05) is 13.1 Å². The Balaban J connectivity index is 2.25. The minimum Gasteiger partial charge on any atom is -0.331 e. The molecule has 0 N–H and O–H groups in total. The van der Waals surface area contributed by atoms with Crippen LogP contribution in [0.3, 0.4) is 0 Å². The number of nitrogens with zero attached hydrogens (tertiary/aromatic N) is 1. The molecule has 0 saturated carbocycles. The standard InChI is InChI=1S/C11H11NO/c1-2-11(13)12-7-9-4-3-5-10(6-9)8-12/h2-6H,1,7-8H2. The number of fused-ring (bicyclic) bond motifs is 2. The van der Waals surface area contributed by atoms with Gasteiger partial charge in [-0.1, -0.05) is 30.8 Å². The van der Waals surface area contributed by atoms with E-state index in [0.29, 0.717) is 13.1 Å². The molecule has 2 bridgehead atoms. The molecule has 0 saturated heterocycles. The van der Waals surface area contributed by atoms with Crippen LogP contribution < -0.4 is 0 Å². The van der Waals surface area contributed by atoms with Crippen LogP contribution >= 0.6 is 0 Å². The van der Waals surface area contributed by atoms with Crippen molar-refractivity contribution in [3.63, 3.8) is 0 Å². The van der Waals surface area contributed by atoms with Gasteiger partial charge in [-0.15, -0.1) is 0 Å². The maximum atomic E-state index is 11.3. The Morgan fingerprint density at radius 3 is 2.54 bits per heavy atom. The Bertz CT molecular complexity index is 336. The van der Waals surface area contributed by atoms with E-state index in [2.05, 4.69) is 12.6 Å². The molecule has 1 aliphatic rings. The minimum atomic E-state index is 0.00630. The average molecular weight is 173 g/mol. The summed E-state index contributed by atoms with van der Waals surface area (Å²) in [7, 11) is 0. The predicted molar refractivity (Wildman–Crippen MR) is 50.9 cm³/mol. The number of carbonyl (C=O) groups is 1. The van der Waals surface area contributed by atoms with Gasteiger partial charge < -0.3 is 4.90 Å². The highest BCUT2D eigenvalue weighted by molar-refractivity contribution is 5.87. The molecule has 1 heterocycles. The van der Waals surface area contributed by atoms with Crippen LogP contribution in [0.2, 0.25) is 0 Å². The molecule has 0 atom stereocenters. The van der Waals surface area contributed by atoms with Crippen molar-refractivity contribution in [2.75, 3.05) is 0 Å². The van der Waals surface area contributed by atoms with E-state index in [1.54, 1.807) is 4.90 Å². The molecule has 2 rings (SSSR count). The lowest BCUT2D eigenvalue weighted by atomic mass is 10.1. The summed E-state index contributed by atoms with van der Waals surface area (Å²) in [6.07, 6.45) is 1.37. The lowest BCUT2D eigenvalue weighted by molar-refractivity contribution is -0.127. The highest BCUT2D eigenvalue weighted by atomic mass is 16.2. The number of carbonyl (C=O) groups excluding carboxylic acids is 1. The van der Waals surface area contributed by atoms with Gasteiger partial charge in [-0.2, -0.15) is 0 Å². The SMILES string of the molecule is C=CC(=O)N1Cc2cccc(c2)C1. The molecule has 1 aromatic rings. The van der Waals surface area contributed by atoms with Gasteiger partial charge in [0.25, 0.3) is 0 Å². The van der Waals surface area contributed by atoms with E-state index >= 15 is 0 Å². The van der Waals surface area contributed by atoms with Crippen LogP contribution in [0.15, 0.2) is 36.9 Å². The fourth-order valence-electron chi connectivity index (χ4n) is 1.61. The molecule has 2 nitrogen and oxygen atoms in total. The summed E-state index contributed by atoms with van der Waals surface area (Å²) >= 11 is 0. The molecule has 66 valence electrons. The van der Waals surface area contributed by atoms with E-state index in [0.717, 1.165) is 0 Å². The Morgan fingerprint density at radius 1 is 1.38 bits per heavy atom. The number of rotatable bonds is 1. The number of amides is 1. The topological polar surface area (TPSA) is 20.3 Å². The third-order valence-electron chi connectivity index (χ3n) is 2.22. The van der Waals surface area contributed by atoms with Crippen LogP contribution in [0.25, 0.3) is 0 Å². The van der Waals surface area contributed by atoms with Crippen molar-refractivity contribution >= 4 is 5.91 Å². The van der Waals surface area contributed by atoms with Gasteiger partial charge in [-0.3, -0.25) is 4.79 Å². The number of benzene rings is 1. The molecular formula is C11H11NO. The first-order chi connectivity index (χ1) is 6.29. The van der Waals surface area contributed by atoms with Crippen molar-refractivity contribution in [3.05, 3.63) is 48.0 Å². The first-order valence-corrected chi connectivity index (χ1v) is 4.29. The van der Waals surface area contributed by atoms with E-state index < -0.39 is 0 Å². The van der Waals surface area contributed by atoms with Crippen molar-refractivity contribution in [2.45, 2.75) is 13.1 Å². The van der Waals surface area contributed by atoms with E-state index in [1.807, 2.05) is 18.2 Å². The quantitative estimate of drug-likeness (QED) is 0.592. The highest BCUT2D eigenvalue weighted by Crippen LogP contribution is 2.17. The molecule has 0 aromatic heterocycles. The first-order valence-electron chi connectivity index (χ1n) is 4.29. The van der Waals surface area contributed by atoms with E-state index in [9.17, 15) is 4.79 Å². The van der Waals surface area contributed by atoms with Crippen molar-refractivity contribution in [2.24, 2.45) is 0 Å². The second-order valence-electron chi connectivity index (χ2n) is 3.22. The number of hydrogen-bond donors (Lipinski definition) is 0. The van der Waals surface area contributed by atoms with E-state index in [1.165, 1.54) is 17.2 Å². The number of hydrogen-bond acceptors (Lipinski definition) is 1. The monoisotopic (exact) mass is 173 g/mol. The third kappa shape index (κ3) is 1.47. The zero-order valence-corrected chi connectivity index (χ0v) is 7.36. The molecule has 1 amide bonds. The molecule has 0 fully saturated rings. The largest absolute Gasteiger partial charge is 0.331 e. The van der Waals surface area contributed by atoms with Gasteiger partial charge >= 0.3 is 0 Å². The molecule has 2 heteroatoms. The predicted octanol–water partition coefficient (Wildman–Crippen LogP) is 1.71. The summed E-state index contributed by atoms with van der Waals surface area (Å²) in [6, 6.07) is 8.23. The van der Waals surface area contributed by atoms with Gasteiger partial charge in [0.15, 0.2) is 0 Å².